The number of halogens is 1. The normalized spacial score (nSPS) is 16.8. The van der Waals surface area contributed by atoms with Crippen molar-refractivity contribution < 1.29 is 9.53 Å². The highest BCUT2D eigenvalue weighted by atomic mass is 127. The number of nitrogens with one attached hydrogen (secondary N) is 2. The summed E-state index contributed by atoms with van der Waals surface area (Å²) in [7, 11) is 0. The summed E-state index contributed by atoms with van der Waals surface area (Å²) in [4.78, 5) is 18.6. The lowest BCUT2D eigenvalue weighted by Crippen LogP contribution is -2.47. The van der Waals surface area contributed by atoms with Gasteiger partial charge in [-0.15, -0.1) is 24.0 Å². The second-order valence-electron chi connectivity index (χ2n) is 7.72. The monoisotopic (exact) mass is 483 g/mol. The predicted octanol–water partition coefficient (Wildman–Crippen LogP) is 1.56. The van der Waals surface area contributed by atoms with Crippen LogP contribution in [0.1, 0.15) is 47.0 Å². The zero-order valence-electron chi connectivity index (χ0n) is 16.8. The molecule has 0 bridgehead atoms. The molecule has 26 heavy (non-hydrogen) atoms. The maximum atomic E-state index is 12.0. The third kappa shape index (κ3) is 12.7. The number of amides is 1. The lowest BCUT2D eigenvalue weighted by Gasteiger charge is -2.31. The van der Waals surface area contributed by atoms with E-state index < -0.39 is 0 Å². The second kappa shape index (κ2) is 13.5. The first-order valence-corrected chi connectivity index (χ1v) is 9.45. The molecule has 0 saturated carbocycles. The first-order chi connectivity index (χ1) is 11.8. The molecule has 154 valence electrons. The lowest BCUT2D eigenvalue weighted by atomic mass is 9.97. The quantitative estimate of drug-likeness (QED) is 0.200. The number of rotatable bonds is 9. The van der Waals surface area contributed by atoms with Crippen LogP contribution in [0.15, 0.2) is 4.99 Å². The van der Waals surface area contributed by atoms with Gasteiger partial charge >= 0.3 is 0 Å². The van der Waals surface area contributed by atoms with Crippen molar-refractivity contribution in [1.29, 1.82) is 0 Å². The Balaban J connectivity index is 0.00000625. The predicted molar refractivity (Wildman–Crippen MR) is 118 cm³/mol. The average molecular weight is 483 g/mol. The molecule has 0 aromatic heterocycles. The van der Waals surface area contributed by atoms with E-state index >= 15 is 0 Å². The van der Waals surface area contributed by atoms with E-state index in [9.17, 15) is 4.79 Å². The summed E-state index contributed by atoms with van der Waals surface area (Å²) in [5.74, 6) is 1.17. The van der Waals surface area contributed by atoms with Crippen LogP contribution in [0, 0.1) is 5.92 Å². The molecule has 0 atom stereocenters. The van der Waals surface area contributed by atoms with E-state index in [1.54, 1.807) is 0 Å². The van der Waals surface area contributed by atoms with Gasteiger partial charge in [0.05, 0.1) is 6.54 Å². The Kier molecular flexibility index (Phi) is 13.2. The first-order valence-electron chi connectivity index (χ1n) is 9.45. The van der Waals surface area contributed by atoms with Crippen LogP contribution in [0.25, 0.3) is 0 Å². The molecule has 8 heteroatoms. The van der Waals surface area contributed by atoms with Gasteiger partial charge in [-0.1, -0.05) is 0 Å². The van der Waals surface area contributed by atoms with Crippen molar-refractivity contribution in [3.8, 4) is 0 Å². The third-order valence-electron chi connectivity index (χ3n) is 4.08. The zero-order chi connectivity index (χ0) is 18.7. The fourth-order valence-electron chi connectivity index (χ4n) is 2.81. The van der Waals surface area contributed by atoms with Crippen LogP contribution in [0.3, 0.4) is 0 Å². The summed E-state index contributed by atoms with van der Waals surface area (Å²) >= 11 is 0. The summed E-state index contributed by atoms with van der Waals surface area (Å²) < 4.78 is 5.28. The molecular weight excluding hydrogens is 445 g/mol. The lowest BCUT2D eigenvalue weighted by molar-refractivity contribution is -0.124. The smallest absolute Gasteiger partial charge is 0.234 e. The van der Waals surface area contributed by atoms with Crippen molar-refractivity contribution in [2.45, 2.75) is 52.5 Å². The van der Waals surface area contributed by atoms with Gasteiger partial charge in [-0.2, -0.15) is 0 Å². The molecule has 0 aromatic carbocycles. The van der Waals surface area contributed by atoms with Crippen molar-refractivity contribution in [2.75, 3.05) is 45.9 Å². The third-order valence-corrected chi connectivity index (χ3v) is 4.08. The second-order valence-corrected chi connectivity index (χ2v) is 7.72. The van der Waals surface area contributed by atoms with Crippen molar-refractivity contribution in [3.63, 3.8) is 0 Å². The van der Waals surface area contributed by atoms with Gasteiger partial charge in [-0.25, -0.2) is 0 Å². The van der Waals surface area contributed by atoms with Gasteiger partial charge in [0.1, 0.15) is 0 Å². The number of nitrogens with zero attached hydrogens (tertiary/aromatic N) is 2. The van der Waals surface area contributed by atoms with E-state index in [0.717, 1.165) is 58.7 Å². The average Bonchev–Trinajstić information content (AvgIpc) is 2.52. The number of aliphatic imine (C=N–C) groups is 1. The van der Waals surface area contributed by atoms with E-state index in [2.05, 4.69) is 20.5 Å². The molecule has 4 N–H and O–H groups in total. The Morgan fingerprint density at radius 3 is 2.54 bits per heavy atom. The summed E-state index contributed by atoms with van der Waals surface area (Å²) in [5, 5.41) is 6.14. The summed E-state index contributed by atoms with van der Waals surface area (Å²) in [5.41, 5.74) is 5.72. The molecule has 0 radical (unpaired) electrons. The van der Waals surface area contributed by atoms with Crippen LogP contribution < -0.4 is 16.4 Å². The highest BCUT2D eigenvalue weighted by molar-refractivity contribution is 14.0. The van der Waals surface area contributed by atoms with Gasteiger partial charge in [0.25, 0.3) is 0 Å². The fraction of sp³-hybridized carbons (Fsp3) is 0.889. The summed E-state index contributed by atoms with van der Waals surface area (Å²) in [6.45, 7) is 13.4. The number of likely N-dealkylation sites (tertiary alicyclic amines) is 1. The standard InChI is InChI=1S/C18H37N5O2.HI/c1-5-25-12-6-9-20-17(19)21-13-15-7-10-23(11-8-15)14-16(24)22-18(2,3)4;/h15H,5-14H2,1-4H3,(H,22,24)(H3,19,20,21);1H. The highest BCUT2D eigenvalue weighted by Gasteiger charge is 2.22. The van der Waals surface area contributed by atoms with Gasteiger partial charge in [0, 0.05) is 31.8 Å². The largest absolute Gasteiger partial charge is 0.382 e. The molecule has 1 aliphatic rings. The van der Waals surface area contributed by atoms with Crippen molar-refractivity contribution in [3.05, 3.63) is 0 Å². The molecule has 1 rings (SSSR count). The molecule has 1 heterocycles. The topological polar surface area (TPSA) is 92.0 Å². The van der Waals surface area contributed by atoms with Crippen LogP contribution in [0.2, 0.25) is 0 Å². The van der Waals surface area contributed by atoms with Gasteiger partial charge in [0.15, 0.2) is 5.96 Å². The SMILES string of the molecule is CCOCCCNC(N)=NCC1CCN(CC(=O)NC(C)(C)C)CC1.I. The minimum atomic E-state index is -0.169. The number of hydrogen-bond acceptors (Lipinski definition) is 4. The molecule has 0 aliphatic carbocycles. The van der Waals surface area contributed by atoms with Gasteiger partial charge < -0.3 is 21.1 Å². The molecule has 7 nitrogen and oxygen atoms in total. The maximum absolute atomic E-state index is 12.0. The molecular formula is C18H38IN5O2. The first kappa shape index (κ1) is 25.4. The Morgan fingerprint density at radius 1 is 1.31 bits per heavy atom. The number of ether oxygens (including phenoxy) is 1. The fourth-order valence-corrected chi connectivity index (χ4v) is 2.81. The molecule has 1 amide bonds. The number of piperidine rings is 1. The van der Waals surface area contributed by atoms with E-state index in [1.807, 2.05) is 27.7 Å². The molecule has 0 spiro atoms. The molecule has 0 unspecified atom stereocenters. The van der Waals surface area contributed by atoms with Crippen molar-refractivity contribution in [1.82, 2.24) is 15.5 Å². The van der Waals surface area contributed by atoms with Gasteiger partial charge in [-0.05, 0) is 66.0 Å². The van der Waals surface area contributed by atoms with Crippen molar-refractivity contribution >= 4 is 35.8 Å². The Labute approximate surface area is 175 Å². The number of carbonyl (C=O) groups is 1. The van der Waals surface area contributed by atoms with Crippen molar-refractivity contribution in [2.24, 2.45) is 16.6 Å². The number of guanidine groups is 1. The van der Waals surface area contributed by atoms with E-state index in [4.69, 9.17) is 10.5 Å². The van der Waals surface area contributed by atoms with Gasteiger partial charge in [0.2, 0.25) is 5.91 Å². The Hall–Kier alpha value is -0.610. The number of nitrogens with two attached hydrogens (primary N) is 1. The van der Waals surface area contributed by atoms with E-state index in [0.29, 0.717) is 18.4 Å². The molecule has 1 fully saturated rings. The number of carbonyl (C=O) groups excluding carboxylic acids is 1. The van der Waals surface area contributed by atoms with Crippen LogP contribution in [-0.2, 0) is 9.53 Å². The minimum Gasteiger partial charge on any atom is -0.382 e. The number of hydrogen-bond donors (Lipinski definition) is 3. The minimum absolute atomic E-state index is 0. The molecule has 0 aromatic rings. The van der Waals surface area contributed by atoms with Crippen LogP contribution in [0.4, 0.5) is 0 Å². The summed E-state index contributed by atoms with van der Waals surface area (Å²) in [6.07, 6.45) is 3.05. The van der Waals surface area contributed by atoms with E-state index in [1.165, 1.54) is 0 Å². The molecule has 1 saturated heterocycles. The summed E-state index contributed by atoms with van der Waals surface area (Å²) in [6, 6.07) is 0. The zero-order valence-corrected chi connectivity index (χ0v) is 19.2. The van der Waals surface area contributed by atoms with Gasteiger partial charge in [-0.3, -0.25) is 14.7 Å². The van der Waals surface area contributed by atoms with Crippen LogP contribution in [-0.4, -0.2) is 68.2 Å². The highest BCUT2D eigenvalue weighted by Crippen LogP contribution is 2.17. The van der Waals surface area contributed by atoms with E-state index in [-0.39, 0.29) is 35.4 Å². The Morgan fingerprint density at radius 2 is 1.96 bits per heavy atom. The van der Waals surface area contributed by atoms with Crippen LogP contribution >= 0.6 is 24.0 Å². The maximum Gasteiger partial charge on any atom is 0.234 e. The Bertz CT molecular complexity index is 418. The van der Waals surface area contributed by atoms with Crippen LogP contribution in [0.5, 0.6) is 0 Å². The molecule has 1 aliphatic heterocycles.